The summed E-state index contributed by atoms with van der Waals surface area (Å²) in [5.74, 6) is -0.00370. The molecule has 0 saturated carbocycles. The molecule has 0 spiro atoms. The Bertz CT molecular complexity index is 954. The van der Waals surface area contributed by atoms with Crippen LogP contribution in [0, 0.1) is 6.92 Å². The largest absolute Gasteiger partial charge is 0.302 e. The Morgan fingerprint density at radius 3 is 2.32 bits per heavy atom. The van der Waals surface area contributed by atoms with Gasteiger partial charge in [-0.2, -0.15) is 0 Å². The molecule has 3 rings (SSSR count). The van der Waals surface area contributed by atoms with Crippen molar-refractivity contribution in [2.24, 2.45) is 0 Å². The first kappa shape index (κ1) is 20.7. The first-order valence-electron chi connectivity index (χ1n) is 9.35. The van der Waals surface area contributed by atoms with Crippen LogP contribution in [0.1, 0.15) is 43.2 Å². The fourth-order valence-corrected chi connectivity index (χ4v) is 4.05. The van der Waals surface area contributed by atoms with Crippen molar-refractivity contribution >= 4 is 38.3 Å². The summed E-state index contributed by atoms with van der Waals surface area (Å²) in [6.07, 6.45) is 1.17. The number of aryl methyl sites for hydroxylation is 2. The topological polar surface area (TPSA) is 42.0 Å². The molecule has 0 radical (unpaired) electrons. The van der Waals surface area contributed by atoms with Crippen molar-refractivity contribution in [1.82, 2.24) is 4.98 Å². The summed E-state index contributed by atoms with van der Waals surface area (Å²) in [6, 6.07) is 16.6. The number of anilines is 1. The van der Waals surface area contributed by atoms with Crippen LogP contribution in [0.5, 0.6) is 0 Å². The van der Waals surface area contributed by atoms with E-state index in [1.54, 1.807) is 0 Å². The van der Waals surface area contributed by atoms with Gasteiger partial charge in [0.1, 0.15) is 0 Å². The third kappa shape index (κ3) is 5.30. The smallest absolute Gasteiger partial charge is 0.226 e. The molecule has 1 N–H and O–H groups in total. The van der Waals surface area contributed by atoms with Crippen LogP contribution in [-0.2, 0) is 16.6 Å². The maximum atomic E-state index is 12.4. The van der Waals surface area contributed by atoms with E-state index in [2.05, 4.69) is 71.3 Å². The number of nitrogens with zero attached hydrogens (tertiary/aromatic N) is 1. The Hall–Kier alpha value is -1.98. The molecule has 5 heteroatoms. The molecular formula is C23H25BrN2OS. The molecule has 0 aliphatic carbocycles. The van der Waals surface area contributed by atoms with Crippen LogP contribution < -0.4 is 5.32 Å². The Balaban J connectivity index is 1.59. The highest BCUT2D eigenvalue weighted by molar-refractivity contribution is 9.10. The molecule has 1 heterocycles. The van der Waals surface area contributed by atoms with Crippen molar-refractivity contribution in [3.8, 4) is 11.3 Å². The molecule has 0 saturated heterocycles. The maximum Gasteiger partial charge on any atom is 0.226 e. The van der Waals surface area contributed by atoms with E-state index in [0.29, 0.717) is 11.6 Å². The van der Waals surface area contributed by atoms with Crippen molar-refractivity contribution in [3.05, 3.63) is 69.0 Å². The van der Waals surface area contributed by atoms with E-state index in [9.17, 15) is 4.79 Å². The lowest BCUT2D eigenvalue weighted by Crippen LogP contribution is -2.13. The molecule has 0 bridgehead atoms. The van der Waals surface area contributed by atoms with Crippen molar-refractivity contribution in [1.29, 1.82) is 0 Å². The predicted octanol–water partition coefficient (Wildman–Crippen LogP) is 6.75. The SMILES string of the molecule is Cc1sc(NC(=O)CCc2ccc(C(C)(C)C)cc2)nc1-c1ccc(Br)cc1. The molecule has 0 aliphatic heterocycles. The van der Waals surface area contributed by atoms with E-state index in [0.717, 1.165) is 27.0 Å². The number of carbonyl (C=O) groups is 1. The van der Waals surface area contributed by atoms with Gasteiger partial charge in [-0.1, -0.05) is 73.1 Å². The molecule has 1 aromatic heterocycles. The first-order valence-corrected chi connectivity index (χ1v) is 11.0. The third-order valence-corrected chi connectivity index (χ3v) is 6.04. The molecular weight excluding hydrogens is 432 g/mol. The predicted molar refractivity (Wildman–Crippen MR) is 122 cm³/mol. The van der Waals surface area contributed by atoms with Gasteiger partial charge in [-0.25, -0.2) is 4.98 Å². The Morgan fingerprint density at radius 2 is 1.71 bits per heavy atom. The van der Waals surface area contributed by atoms with E-state index in [1.807, 2.05) is 31.2 Å². The number of amides is 1. The number of aromatic nitrogens is 1. The van der Waals surface area contributed by atoms with Crippen molar-refractivity contribution in [2.75, 3.05) is 5.32 Å². The number of hydrogen-bond acceptors (Lipinski definition) is 3. The van der Waals surface area contributed by atoms with Crippen LogP contribution in [0.4, 0.5) is 5.13 Å². The van der Waals surface area contributed by atoms with Crippen LogP contribution in [-0.4, -0.2) is 10.9 Å². The highest BCUT2D eigenvalue weighted by atomic mass is 79.9. The van der Waals surface area contributed by atoms with Gasteiger partial charge in [-0.15, -0.1) is 11.3 Å². The van der Waals surface area contributed by atoms with Gasteiger partial charge in [0.15, 0.2) is 5.13 Å². The molecule has 2 aromatic carbocycles. The van der Waals surface area contributed by atoms with Crippen LogP contribution in [0.25, 0.3) is 11.3 Å². The summed E-state index contributed by atoms with van der Waals surface area (Å²) in [4.78, 5) is 18.1. The van der Waals surface area contributed by atoms with Gasteiger partial charge >= 0.3 is 0 Å². The second-order valence-corrected chi connectivity index (χ2v) is 10.0. The molecule has 28 heavy (non-hydrogen) atoms. The van der Waals surface area contributed by atoms with E-state index in [-0.39, 0.29) is 11.3 Å². The molecule has 3 nitrogen and oxygen atoms in total. The summed E-state index contributed by atoms with van der Waals surface area (Å²) < 4.78 is 1.04. The number of thiazole rings is 1. The highest BCUT2D eigenvalue weighted by Crippen LogP contribution is 2.31. The second kappa shape index (κ2) is 8.58. The van der Waals surface area contributed by atoms with Crippen molar-refractivity contribution in [2.45, 2.75) is 46.0 Å². The monoisotopic (exact) mass is 456 g/mol. The van der Waals surface area contributed by atoms with Crippen molar-refractivity contribution in [3.63, 3.8) is 0 Å². The second-order valence-electron chi connectivity index (χ2n) is 7.93. The fourth-order valence-electron chi connectivity index (χ4n) is 2.94. The number of benzene rings is 2. The van der Waals surface area contributed by atoms with E-state index < -0.39 is 0 Å². The summed E-state index contributed by atoms with van der Waals surface area (Å²) in [5, 5.41) is 3.61. The average molecular weight is 457 g/mol. The van der Waals surface area contributed by atoms with Gasteiger partial charge in [-0.05, 0) is 42.0 Å². The molecule has 1 amide bonds. The van der Waals surface area contributed by atoms with Crippen molar-refractivity contribution < 1.29 is 4.79 Å². The van der Waals surface area contributed by atoms with Crippen LogP contribution in [0.15, 0.2) is 53.0 Å². The lowest BCUT2D eigenvalue weighted by atomic mass is 9.86. The third-order valence-electron chi connectivity index (χ3n) is 4.62. The molecule has 0 aliphatic rings. The van der Waals surface area contributed by atoms with E-state index in [1.165, 1.54) is 22.5 Å². The van der Waals surface area contributed by atoms with Crippen LogP contribution in [0.3, 0.4) is 0 Å². The van der Waals surface area contributed by atoms with Gasteiger partial charge in [0.2, 0.25) is 5.91 Å². The Morgan fingerprint density at radius 1 is 1.07 bits per heavy atom. The number of hydrogen-bond donors (Lipinski definition) is 1. The molecule has 146 valence electrons. The maximum absolute atomic E-state index is 12.4. The summed E-state index contributed by atoms with van der Waals surface area (Å²) in [5.41, 5.74) is 4.60. The Labute approximate surface area is 179 Å². The quantitative estimate of drug-likeness (QED) is 0.461. The molecule has 3 aromatic rings. The molecule has 0 unspecified atom stereocenters. The standard InChI is InChI=1S/C23H25BrN2OS/c1-15-21(17-8-12-19(24)13-9-17)26-22(28-15)25-20(27)14-7-16-5-10-18(11-6-16)23(2,3)4/h5-6,8-13H,7,14H2,1-4H3,(H,25,26,27). The van der Waals surface area contributed by atoms with Crippen LogP contribution >= 0.6 is 27.3 Å². The summed E-state index contributed by atoms with van der Waals surface area (Å²) >= 11 is 4.96. The minimum absolute atomic E-state index is 0.00370. The first-order chi connectivity index (χ1) is 13.2. The highest BCUT2D eigenvalue weighted by Gasteiger charge is 2.14. The molecule has 0 atom stereocenters. The van der Waals surface area contributed by atoms with E-state index >= 15 is 0 Å². The zero-order chi connectivity index (χ0) is 20.3. The minimum atomic E-state index is -0.00370. The summed E-state index contributed by atoms with van der Waals surface area (Å²) in [6.45, 7) is 8.64. The number of rotatable bonds is 5. The summed E-state index contributed by atoms with van der Waals surface area (Å²) in [7, 11) is 0. The van der Waals surface area contributed by atoms with Gasteiger partial charge in [0.25, 0.3) is 0 Å². The Kier molecular flexibility index (Phi) is 6.36. The zero-order valence-corrected chi connectivity index (χ0v) is 19.1. The lowest BCUT2D eigenvalue weighted by molar-refractivity contribution is -0.116. The van der Waals surface area contributed by atoms with Gasteiger partial charge < -0.3 is 5.32 Å². The normalized spacial score (nSPS) is 11.5. The van der Waals surface area contributed by atoms with Crippen LogP contribution in [0.2, 0.25) is 0 Å². The zero-order valence-electron chi connectivity index (χ0n) is 16.7. The van der Waals surface area contributed by atoms with Gasteiger partial charge in [0, 0.05) is 21.3 Å². The number of halogens is 1. The fraction of sp³-hybridized carbons (Fsp3) is 0.304. The van der Waals surface area contributed by atoms with E-state index in [4.69, 9.17) is 0 Å². The van der Waals surface area contributed by atoms with Gasteiger partial charge in [-0.3, -0.25) is 4.79 Å². The molecule has 0 fully saturated rings. The number of carbonyl (C=O) groups excluding carboxylic acids is 1. The number of nitrogens with one attached hydrogen (secondary N) is 1. The average Bonchev–Trinajstić information content (AvgIpc) is 3.00. The van der Waals surface area contributed by atoms with Gasteiger partial charge in [0.05, 0.1) is 5.69 Å². The minimum Gasteiger partial charge on any atom is -0.302 e. The lowest BCUT2D eigenvalue weighted by Gasteiger charge is -2.19.